The molecule has 27 heavy (non-hydrogen) atoms. The van der Waals surface area contributed by atoms with Gasteiger partial charge in [-0.1, -0.05) is 51.1 Å². The zero-order valence-electron chi connectivity index (χ0n) is 16.2. The van der Waals surface area contributed by atoms with Crippen molar-refractivity contribution in [1.29, 1.82) is 5.26 Å². The van der Waals surface area contributed by atoms with Crippen LogP contribution in [-0.4, -0.2) is 37.1 Å². The second kappa shape index (κ2) is 7.71. The standard InChI is InChI=1S/C22H26N4O/c1-22(2,3)18-9-5-6-10-19(18)24-21(27)26-14-12-25(13-15-26)20-11-7-4-8-17(20)16-23/h4-11H,12-15H2,1-3H3,(H,24,27). The van der Waals surface area contributed by atoms with Gasteiger partial charge in [0.2, 0.25) is 0 Å². The number of piperazine rings is 1. The van der Waals surface area contributed by atoms with Crippen molar-refractivity contribution in [3.8, 4) is 6.07 Å². The fourth-order valence-electron chi connectivity index (χ4n) is 3.43. The molecule has 0 atom stereocenters. The second-order valence-corrected chi connectivity index (χ2v) is 7.83. The molecule has 1 heterocycles. The number of carbonyl (C=O) groups is 1. The van der Waals surface area contributed by atoms with Gasteiger partial charge in [-0.2, -0.15) is 5.26 Å². The molecule has 0 aromatic heterocycles. The van der Waals surface area contributed by atoms with Crippen molar-refractivity contribution in [2.75, 3.05) is 36.4 Å². The van der Waals surface area contributed by atoms with Crippen molar-refractivity contribution in [3.05, 3.63) is 59.7 Å². The van der Waals surface area contributed by atoms with Crippen LogP contribution in [0.2, 0.25) is 0 Å². The van der Waals surface area contributed by atoms with E-state index in [-0.39, 0.29) is 11.4 Å². The minimum atomic E-state index is -0.0695. The quantitative estimate of drug-likeness (QED) is 0.870. The summed E-state index contributed by atoms with van der Waals surface area (Å²) in [6.45, 7) is 9.11. The summed E-state index contributed by atoms with van der Waals surface area (Å²) in [5, 5.41) is 12.4. The molecule has 1 N–H and O–H groups in total. The van der Waals surface area contributed by atoms with Crippen molar-refractivity contribution in [2.45, 2.75) is 26.2 Å². The van der Waals surface area contributed by atoms with Gasteiger partial charge in [0.25, 0.3) is 0 Å². The van der Waals surface area contributed by atoms with Gasteiger partial charge in [-0.05, 0) is 29.2 Å². The predicted molar refractivity (Wildman–Crippen MR) is 109 cm³/mol. The van der Waals surface area contributed by atoms with E-state index in [9.17, 15) is 10.1 Å². The SMILES string of the molecule is CC(C)(C)c1ccccc1NC(=O)N1CCN(c2ccccc2C#N)CC1. The summed E-state index contributed by atoms with van der Waals surface area (Å²) in [5.74, 6) is 0. The van der Waals surface area contributed by atoms with Crippen LogP contribution in [0.15, 0.2) is 48.5 Å². The fraction of sp³-hybridized carbons (Fsp3) is 0.364. The number of rotatable bonds is 2. The lowest BCUT2D eigenvalue weighted by Crippen LogP contribution is -2.50. The molecule has 5 nitrogen and oxygen atoms in total. The average molecular weight is 362 g/mol. The zero-order valence-corrected chi connectivity index (χ0v) is 16.2. The van der Waals surface area contributed by atoms with Gasteiger partial charge in [-0.3, -0.25) is 0 Å². The topological polar surface area (TPSA) is 59.4 Å². The summed E-state index contributed by atoms with van der Waals surface area (Å²) in [6, 6.07) is 17.8. The Morgan fingerprint density at radius 1 is 1.00 bits per heavy atom. The molecular formula is C22H26N4O. The molecule has 1 aliphatic rings. The maximum Gasteiger partial charge on any atom is 0.321 e. The lowest BCUT2D eigenvalue weighted by Gasteiger charge is -2.36. The molecule has 3 rings (SSSR count). The van der Waals surface area contributed by atoms with E-state index in [1.165, 1.54) is 0 Å². The maximum absolute atomic E-state index is 12.8. The van der Waals surface area contributed by atoms with E-state index >= 15 is 0 Å². The molecule has 140 valence electrons. The predicted octanol–water partition coefficient (Wildman–Crippen LogP) is 4.21. The van der Waals surface area contributed by atoms with E-state index in [4.69, 9.17) is 0 Å². The molecule has 2 aromatic rings. The molecule has 2 aromatic carbocycles. The van der Waals surface area contributed by atoms with Crippen molar-refractivity contribution in [2.24, 2.45) is 0 Å². The van der Waals surface area contributed by atoms with Gasteiger partial charge in [-0.15, -0.1) is 0 Å². The van der Waals surface area contributed by atoms with Crippen LogP contribution in [0.5, 0.6) is 0 Å². The highest BCUT2D eigenvalue weighted by Gasteiger charge is 2.24. The summed E-state index contributed by atoms with van der Waals surface area (Å²) in [6.07, 6.45) is 0. The van der Waals surface area contributed by atoms with Gasteiger partial charge in [0.15, 0.2) is 0 Å². The van der Waals surface area contributed by atoms with Crippen LogP contribution in [-0.2, 0) is 5.41 Å². The monoisotopic (exact) mass is 362 g/mol. The molecule has 1 aliphatic heterocycles. The third-order valence-corrected chi connectivity index (χ3v) is 4.91. The summed E-state index contributed by atoms with van der Waals surface area (Å²) >= 11 is 0. The van der Waals surface area contributed by atoms with E-state index in [0.29, 0.717) is 31.7 Å². The highest BCUT2D eigenvalue weighted by atomic mass is 16.2. The Morgan fingerprint density at radius 2 is 1.63 bits per heavy atom. The smallest absolute Gasteiger partial charge is 0.321 e. The van der Waals surface area contributed by atoms with Crippen molar-refractivity contribution < 1.29 is 4.79 Å². The van der Waals surface area contributed by atoms with Crippen LogP contribution >= 0.6 is 0 Å². The van der Waals surface area contributed by atoms with Crippen LogP contribution < -0.4 is 10.2 Å². The van der Waals surface area contributed by atoms with Gasteiger partial charge in [0.05, 0.1) is 11.3 Å². The molecule has 1 saturated heterocycles. The number of nitrogens with zero attached hydrogens (tertiary/aromatic N) is 3. The first kappa shape index (κ1) is 18.8. The summed E-state index contributed by atoms with van der Waals surface area (Å²) < 4.78 is 0. The molecule has 1 fully saturated rings. The van der Waals surface area contributed by atoms with Gasteiger partial charge in [0.1, 0.15) is 6.07 Å². The minimum Gasteiger partial charge on any atom is -0.367 e. The second-order valence-electron chi connectivity index (χ2n) is 7.83. The Kier molecular flexibility index (Phi) is 5.36. The van der Waals surface area contributed by atoms with Gasteiger partial charge >= 0.3 is 6.03 Å². The normalized spacial score (nSPS) is 14.6. The lowest BCUT2D eigenvalue weighted by molar-refractivity contribution is 0.208. The summed E-state index contributed by atoms with van der Waals surface area (Å²) in [5.41, 5.74) is 3.57. The van der Waals surface area contributed by atoms with Crippen molar-refractivity contribution in [1.82, 2.24) is 4.90 Å². The molecule has 0 aliphatic carbocycles. The number of nitriles is 1. The van der Waals surface area contributed by atoms with Crippen LogP contribution in [0, 0.1) is 11.3 Å². The molecule has 0 radical (unpaired) electrons. The molecular weight excluding hydrogens is 336 g/mol. The Labute approximate surface area is 161 Å². The first-order valence-electron chi connectivity index (χ1n) is 9.29. The molecule has 0 bridgehead atoms. The average Bonchev–Trinajstić information content (AvgIpc) is 2.67. The highest BCUT2D eigenvalue weighted by molar-refractivity contribution is 5.90. The van der Waals surface area contributed by atoms with E-state index in [0.717, 1.165) is 16.9 Å². The largest absolute Gasteiger partial charge is 0.367 e. The van der Waals surface area contributed by atoms with E-state index in [2.05, 4.69) is 43.1 Å². The minimum absolute atomic E-state index is 0.0381. The number of carbonyl (C=O) groups excluding carboxylic acids is 1. The van der Waals surface area contributed by atoms with E-state index in [1.807, 2.05) is 47.4 Å². The highest BCUT2D eigenvalue weighted by Crippen LogP contribution is 2.29. The number of para-hydroxylation sites is 2. The third kappa shape index (κ3) is 4.22. The van der Waals surface area contributed by atoms with Crippen molar-refractivity contribution in [3.63, 3.8) is 0 Å². The number of amides is 2. The number of anilines is 2. The summed E-state index contributed by atoms with van der Waals surface area (Å²) in [4.78, 5) is 16.8. The maximum atomic E-state index is 12.8. The van der Waals surface area contributed by atoms with Crippen LogP contribution in [0.4, 0.5) is 16.2 Å². The van der Waals surface area contributed by atoms with Gasteiger partial charge in [0, 0.05) is 31.9 Å². The van der Waals surface area contributed by atoms with E-state index < -0.39 is 0 Å². The summed E-state index contributed by atoms with van der Waals surface area (Å²) in [7, 11) is 0. The number of hydrogen-bond acceptors (Lipinski definition) is 3. The van der Waals surface area contributed by atoms with Crippen LogP contribution in [0.25, 0.3) is 0 Å². The lowest BCUT2D eigenvalue weighted by atomic mass is 9.86. The molecule has 0 saturated carbocycles. The van der Waals surface area contributed by atoms with Gasteiger partial charge < -0.3 is 15.1 Å². The Morgan fingerprint density at radius 3 is 2.30 bits per heavy atom. The number of benzene rings is 2. The number of nitrogens with one attached hydrogen (secondary N) is 1. The Bertz CT molecular complexity index is 855. The zero-order chi connectivity index (χ0) is 19.4. The van der Waals surface area contributed by atoms with Crippen LogP contribution in [0.1, 0.15) is 31.9 Å². The molecule has 2 amide bonds. The Hall–Kier alpha value is -3.00. The first-order chi connectivity index (χ1) is 12.9. The molecule has 5 heteroatoms. The Balaban J connectivity index is 1.66. The number of hydrogen-bond donors (Lipinski definition) is 1. The number of urea groups is 1. The third-order valence-electron chi connectivity index (χ3n) is 4.91. The molecule has 0 unspecified atom stereocenters. The van der Waals surface area contributed by atoms with Gasteiger partial charge in [-0.25, -0.2) is 4.79 Å². The molecule has 0 spiro atoms. The first-order valence-corrected chi connectivity index (χ1v) is 9.29. The van der Waals surface area contributed by atoms with E-state index in [1.54, 1.807) is 0 Å². The fourth-order valence-corrected chi connectivity index (χ4v) is 3.43. The van der Waals surface area contributed by atoms with Crippen molar-refractivity contribution >= 4 is 17.4 Å². The van der Waals surface area contributed by atoms with Crippen LogP contribution in [0.3, 0.4) is 0 Å².